The van der Waals surface area contributed by atoms with Gasteiger partial charge in [0, 0.05) is 29.9 Å². The molecular formula is C19H30N4OS. The number of carbonyl (C=O) groups is 1. The van der Waals surface area contributed by atoms with Crippen LogP contribution in [0.4, 0.5) is 0 Å². The van der Waals surface area contributed by atoms with E-state index in [4.69, 9.17) is 4.99 Å². The molecule has 1 unspecified atom stereocenters. The molecule has 1 amide bonds. The van der Waals surface area contributed by atoms with Crippen molar-refractivity contribution in [3.05, 3.63) is 35.9 Å². The number of benzene rings is 1. The van der Waals surface area contributed by atoms with E-state index in [2.05, 4.69) is 29.8 Å². The maximum absolute atomic E-state index is 12.0. The van der Waals surface area contributed by atoms with Crippen LogP contribution in [-0.4, -0.2) is 48.5 Å². The molecule has 1 saturated heterocycles. The van der Waals surface area contributed by atoms with Crippen molar-refractivity contribution in [2.75, 3.05) is 31.9 Å². The highest BCUT2D eigenvalue weighted by Gasteiger charge is 2.29. The van der Waals surface area contributed by atoms with Crippen LogP contribution in [0, 0.1) is 0 Å². The summed E-state index contributed by atoms with van der Waals surface area (Å²) in [4.78, 5) is 16.7. The zero-order valence-electron chi connectivity index (χ0n) is 15.3. The topological polar surface area (TPSA) is 65.5 Å². The lowest BCUT2D eigenvalue weighted by molar-refractivity contribution is 0.0953. The molecule has 0 aromatic heterocycles. The summed E-state index contributed by atoms with van der Waals surface area (Å²) in [5.74, 6) is 2.09. The van der Waals surface area contributed by atoms with E-state index in [1.54, 1.807) is 0 Å². The molecule has 1 aromatic carbocycles. The number of guanidine groups is 1. The fourth-order valence-corrected chi connectivity index (χ4v) is 3.96. The van der Waals surface area contributed by atoms with Crippen molar-refractivity contribution in [1.29, 1.82) is 0 Å². The van der Waals surface area contributed by atoms with E-state index in [1.165, 1.54) is 18.6 Å². The fraction of sp³-hybridized carbons (Fsp3) is 0.579. The number of amides is 1. The van der Waals surface area contributed by atoms with Gasteiger partial charge in [-0.3, -0.25) is 9.79 Å². The number of aliphatic imine (C=N–C) groups is 1. The molecule has 0 aliphatic carbocycles. The molecule has 1 aliphatic heterocycles. The predicted molar refractivity (Wildman–Crippen MR) is 107 cm³/mol. The molecule has 25 heavy (non-hydrogen) atoms. The SMILES string of the molecule is CCNC(=NCC1(C)CCCS1)NCCCNC(=O)c1ccccc1. The minimum Gasteiger partial charge on any atom is -0.357 e. The first kappa shape index (κ1) is 19.6. The van der Waals surface area contributed by atoms with Crippen LogP contribution in [0.15, 0.2) is 35.3 Å². The maximum Gasteiger partial charge on any atom is 0.251 e. The quantitative estimate of drug-likeness (QED) is 0.378. The maximum atomic E-state index is 12.0. The van der Waals surface area contributed by atoms with Crippen LogP contribution in [0.5, 0.6) is 0 Å². The van der Waals surface area contributed by atoms with Crippen molar-refractivity contribution in [3.63, 3.8) is 0 Å². The first-order valence-electron chi connectivity index (χ1n) is 9.12. The molecule has 6 heteroatoms. The average molecular weight is 363 g/mol. The van der Waals surface area contributed by atoms with E-state index in [0.717, 1.165) is 32.0 Å². The van der Waals surface area contributed by atoms with Crippen LogP contribution in [-0.2, 0) is 0 Å². The van der Waals surface area contributed by atoms with Crippen LogP contribution in [0.1, 0.15) is 43.5 Å². The van der Waals surface area contributed by atoms with Crippen molar-refractivity contribution in [2.45, 2.75) is 37.9 Å². The highest BCUT2D eigenvalue weighted by atomic mass is 32.2. The van der Waals surface area contributed by atoms with Gasteiger partial charge in [-0.15, -0.1) is 0 Å². The molecule has 2 rings (SSSR count). The number of nitrogens with zero attached hydrogens (tertiary/aromatic N) is 1. The Morgan fingerprint density at radius 3 is 2.64 bits per heavy atom. The smallest absolute Gasteiger partial charge is 0.251 e. The lowest BCUT2D eigenvalue weighted by atomic mass is 10.1. The molecule has 0 radical (unpaired) electrons. The zero-order valence-corrected chi connectivity index (χ0v) is 16.1. The molecule has 138 valence electrons. The second kappa shape index (κ2) is 10.3. The Labute approximate surface area is 155 Å². The summed E-state index contributed by atoms with van der Waals surface area (Å²) in [6, 6.07) is 9.31. The molecule has 0 bridgehead atoms. The van der Waals surface area contributed by atoms with Crippen LogP contribution in [0.25, 0.3) is 0 Å². The van der Waals surface area contributed by atoms with Crippen molar-refractivity contribution in [2.24, 2.45) is 4.99 Å². The Morgan fingerprint density at radius 2 is 1.96 bits per heavy atom. The summed E-state index contributed by atoms with van der Waals surface area (Å²) in [5.41, 5.74) is 0.702. The number of carbonyl (C=O) groups excluding carboxylic acids is 1. The minimum atomic E-state index is -0.0210. The van der Waals surface area contributed by atoms with Crippen molar-refractivity contribution in [1.82, 2.24) is 16.0 Å². The predicted octanol–water partition coefficient (Wildman–Crippen LogP) is 2.65. The first-order valence-corrected chi connectivity index (χ1v) is 10.1. The average Bonchev–Trinajstić information content (AvgIpc) is 3.07. The van der Waals surface area contributed by atoms with E-state index >= 15 is 0 Å². The van der Waals surface area contributed by atoms with Gasteiger partial charge in [0.05, 0.1) is 6.54 Å². The van der Waals surface area contributed by atoms with Crippen molar-refractivity contribution < 1.29 is 4.79 Å². The summed E-state index contributed by atoms with van der Waals surface area (Å²) in [5, 5.41) is 9.59. The molecule has 3 N–H and O–H groups in total. The molecule has 1 atom stereocenters. The summed E-state index contributed by atoms with van der Waals surface area (Å²) >= 11 is 2.03. The van der Waals surface area contributed by atoms with Crippen LogP contribution < -0.4 is 16.0 Å². The molecule has 1 aliphatic rings. The van der Waals surface area contributed by atoms with E-state index < -0.39 is 0 Å². The van der Waals surface area contributed by atoms with Gasteiger partial charge in [-0.2, -0.15) is 11.8 Å². The van der Waals surface area contributed by atoms with Gasteiger partial charge in [-0.05, 0) is 51.0 Å². The van der Waals surface area contributed by atoms with Gasteiger partial charge in [0.2, 0.25) is 0 Å². The Bertz CT molecular complexity index is 556. The summed E-state index contributed by atoms with van der Waals surface area (Å²) in [6.45, 7) is 7.50. The number of nitrogens with one attached hydrogen (secondary N) is 3. The number of rotatable bonds is 8. The number of hydrogen-bond acceptors (Lipinski definition) is 3. The lowest BCUT2D eigenvalue weighted by Gasteiger charge is -2.21. The Hall–Kier alpha value is -1.69. The summed E-state index contributed by atoms with van der Waals surface area (Å²) < 4.78 is 0.284. The van der Waals surface area contributed by atoms with Crippen molar-refractivity contribution in [3.8, 4) is 0 Å². The second-order valence-electron chi connectivity index (χ2n) is 6.50. The molecule has 0 spiro atoms. The minimum absolute atomic E-state index is 0.0210. The molecule has 1 fully saturated rings. The summed E-state index contributed by atoms with van der Waals surface area (Å²) in [7, 11) is 0. The molecule has 0 saturated carbocycles. The van der Waals surface area contributed by atoms with Crippen molar-refractivity contribution >= 4 is 23.6 Å². The van der Waals surface area contributed by atoms with Gasteiger partial charge in [-0.25, -0.2) is 0 Å². The molecular weight excluding hydrogens is 332 g/mol. The first-order chi connectivity index (χ1) is 12.1. The molecule has 1 heterocycles. The zero-order chi connectivity index (χ0) is 18.0. The third-order valence-corrected chi connectivity index (χ3v) is 5.71. The molecule has 5 nitrogen and oxygen atoms in total. The highest BCUT2D eigenvalue weighted by molar-refractivity contribution is 8.00. The third kappa shape index (κ3) is 6.98. The molecule has 1 aromatic rings. The van der Waals surface area contributed by atoms with Crippen LogP contribution >= 0.6 is 11.8 Å². The third-order valence-electron chi connectivity index (χ3n) is 4.18. The monoisotopic (exact) mass is 362 g/mol. The van der Waals surface area contributed by atoms with Gasteiger partial charge in [-0.1, -0.05) is 18.2 Å². The van der Waals surface area contributed by atoms with E-state index in [0.29, 0.717) is 12.1 Å². The largest absolute Gasteiger partial charge is 0.357 e. The van der Waals surface area contributed by atoms with E-state index in [1.807, 2.05) is 42.1 Å². The Morgan fingerprint density at radius 1 is 1.20 bits per heavy atom. The van der Waals surface area contributed by atoms with E-state index in [-0.39, 0.29) is 10.7 Å². The highest BCUT2D eigenvalue weighted by Crippen LogP contribution is 2.37. The van der Waals surface area contributed by atoms with Gasteiger partial charge in [0.25, 0.3) is 5.91 Å². The van der Waals surface area contributed by atoms with Gasteiger partial charge in [0.1, 0.15) is 0 Å². The van der Waals surface area contributed by atoms with Crippen LogP contribution in [0.2, 0.25) is 0 Å². The normalized spacial score (nSPS) is 20.3. The summed E-state index contributed by atoms with van der Waals surface area (Å²) in [6.07, 6.45) is 3.39. The lowest BCUT2D eigenvalue weighted by Crippen LogP contribution is -2.39. The van der Waals surface area contributed by atoms with E-state index in [9.17, 15) is 4.79 Å². The Kier molecular flexibility index (Phi) is 8.12. The van der Waals surface area contributed by atoms with Gasteiger partial charge < -0.3 is 16.0 Å². The second-order valence-corrected chi connectivity index (χ2v) is 8.18. The Balaban J connectivity index is 1.67. The number of hydrogen-bond donors (Lipinski definition) is 3. The standard InChI is InChI=1S/C19H30N4OS/c1-3-20-18(23-15-19(2)11-7-14-25-19)22-13-8-12-21-17(24)16-9-5-4-6-10-16/h4-6,9-10H,3,7-8,11-15H2,1-2H3,(H,21,24)(H2,20,22,23). The van der Waals surface area contributed by atoms with Crippen LogP contribution in [0.3, 0.4) is 0 Å². The number of thioether (sulfide) groups is 1. The fourth-order valence-electron chi connectivity index (χ4n) is 2.74. The van der Waals surface area contributed by atoms with Gasteiger partial charge >= 0.3 is 0 Å². The van der Waals surface area contributed by atoms with Gasteiger partial charge in [0.15, 0.2) is 5.96 Å².